The molecule has 0 saturated carbocycles. The fourth-order valence-corrected chi connectivity index (χ4v) is 2.57. The minimum atomic E-state index is 0.0525. The summed E-state index contributed by atoms with van der Waals surface area (Å²) in [6.07, 6.45) is 4.46. The highest BCUT2D eigenvalue weighted by molar-refractivity contribution is 9.10. The van der Waals surface area contributed by atoms with Gasteiger partial charge in [-0.15, -0.1) is 5.10 Å². The third-order valence-electron chi connectivity index (χ3n) is 2.27. The second-order valence-corrected chi connectivity index (χ2v) is 5.18. The summed E-state index contributed by atoms with van der Waals surface area (Å²) in [6, 6.07) is 1.89. The van der Waals surface area contributed by atoms with E-state index < -0.39 is 0 Å². The van der Waals surface area contributed by atoms with E-state index in [-0.39, 0.29) is 5.78 Å². The maximum Gasteiger partial charge on any atom is 0.180 e. The van der Waals surface area contributed by atoms with Crippen LogP contribution < -0.4 is 0 Å². The maximum absolute atomic E-state index is 12.1. The van der Waals surface area contributed by atoms with Gasteiger partial charge < -0.3 is 0 Å². The lowest BCUT2D eigenvalue weighted by molar-refractivity contribution is 0.0995. The van der Waals surface area contributed by atoms with Crippen molar-refractivity contribution < 1.29 is 4.79 Å². The number of hydrogen-bond donors (Lipinski definition) is 0. The topological polar surface area (TPSA) is 55.7 Å². The molecule has 0 saturated heterocycles. The first-order valence-corrected chi connectivity index (χ1v) is 6.71. The number of Topliss-reactive ketones (excluding diaryl/α,β-unsaturated/α-hetero) is 1. The van der Waals surface area contributed by atoms with Crippen LogP contribution >= 0.6 is 27.5 Å². The van der Waals surface area contributed by atoms with Crippen molar-refractivity contribution in [2.24, 2.45) is 0 Å². The Kier molecular flexibility index (Phi) is 3.96. The van der Waals surface area contributed by atoms with Crippen LogP contribution in [0.5, 0.6) is 0 Å². The molecule has 0 fully saturated rings. The van der Waals surface area contributed by atoms with Crippen molar-refractivity contribution in [1.29, 1.82) is 0 Å². The van der Waals surface area contributed by atoms with Gasteiger partial charge in [0.25, 0.3) is 0 Å². The SMILES string of the molecule is CCc1nnsc1C(=O)Cc1cncc(Br)c1. The summed E-state index contributed by atoms with van der Waals surface area (Å²) < 4.78 is 4.70. The molecule has 4 nitrogen and oxygen atoms in total. The molecule has 17 heavy (non-hydrogen) atoms. The zero-order valence-corrected chi connectivity index (χ0v) is 11.6. The van der Waals surface area contributed by atoms with Gasteiger partial charge in [0, 0.05) is 23.3 Å². The van der Waals surface area contributed by atoms with Gasteiger partial charge >= 0.3 is 0 Å². The van der Waals surface area contributed by atoms with Crippen molar-refractivity contribution in [3.63, 3.8) is 0 Å². The minimum absolute atomic E-state index is 0.0525. The van der Waals surface area contributed by atoms with E-state index in [0.717, 1.165) is 33.7 Å². The molecule has 2 aromatic rings. The average Bonchev–Trinajstić information content (AvgIpc) is 2.77. The van der Waals surface area contributed by atoms with Gasteiger partial charge in [-0.25, -0.2) is 0 Å². The summed E-state index contributed by atoms with van der Waals surface area (Å²) in [5.74, 6) is 0.0525. The van der Waals surface area contributed by atoms with Crippen LogP contribution in [0, 0.1) is 0 Å². The van der Waals surface area contributed by atoms with Crippen LogP contribution in [0.4, 0.5) is 0 Å². The number of ketones is 1. The summed E-state index contributed by atoms with van der Waals surface area (Å²) in [5.41, 5.74) is 1.67. The molecule has 0 aromatic carbocycles. The lowest BCUT2D eigenvalue weighted by Crippen LogP contribution is -2.04. The number of rotatable bonds is 4. The summed E-state index contributed by atoms with van der Waals surface area (Å²) >= 11 is 4.50. The number of hydrogen-bond acceptors (Lipinski definition) is 5. The van der Waals surface area contributed by atoms with Gasteiger partial charge in [0.15, 0.2) is 5.78 Å². The van der Waals surface area contributed by atoms with Crippen LogP contribution in [0.25, 0.3) is 0 Å². The second kappa shape index (κ2) is 5.46. The summed E-state index contributed by atoms with van der Waals surface area (Å²) in [7, 11) is 0. The van der Waals surface area contributed by atoms with E-state index in [2.05, 4.69) is 30.5 Å². The Labute approximate surface area is 111 Å². The third kappa shape index (κ3) is 2.95. The quantitative estimate of drug-likeness (QED) is 0.815. The highest BCUT2D eigenvalue weighted by atomic mass is 79.9. The first kappa shape index (κ1) is 12.3. The smallest absolute Gasteiger partial charge is 0.180 e. The number of carbonyl (C=O) groups excluding carboxylic acids is 1. The number of pyridine rings is 1. The molecule has 2 heterocycles. The number of aromatic nitrogens is 3. The predicted octanol–water partition coefficient (Wildman–Crippen LogP) is 2.68. The van der Waals surface area contributed by atoms with Crippen LogP contribution in [0.2, 0.25) is 0 Å². The first-order chi connectivity index (χ1) is 8.20. The molecule has 6 heteroatoms. The molecular weight excluding hydrogens is 302 g/mol. The van der Waals surface area contributed by atoms with Crippen molar-refractivity contribution in [3.8, 4) is 0 Å². The molecule has 2 aromatic heterocycles. The van der Waals surface area contributed by atoms with Gasteiger partial charge in [-0.1, -0.05) is 11.4 Å². The van der Waals surface area contributed by atoms with Crippen LogP contribution in [-0.2, 0) is 12.8 Å². The van der Waals surface area contributed by atoms with Crippen molar-refractivity contribution in [2.45, 2.75) is 19.8 Å². The van der Waals surface area contributed by atoms with Gasteiger partial charge in [0.2, 0.25) is 0 Å². The second-order valence-electron chi connectivity index (χ2n) is 3.51. The third-order valence-corrected chi connectivity index (χ3v) is 3.51. The zero-order valence-electron chi connectivity index (χ0n) is 9.18. The van der Waals surface area contributed by atoms with Crippen molar-refractivity contribution in [1.82, 2.24) is 14.6 Å². The molecule has 0 N–H and O–H groups in total. The molecule has 88 valence electrons. The molecule has 0 radical (unpaired) electrons. The van der Waals surface area contributed by atoms with E-state index in [4.69, 9.17) is 0 Å². The van der Waals surface area contributed by atoms with Gasteiger partial charge in [-0.3, -0.25) is 9.78 Å². The molecule has 0 unspecified atom stereocenters. The number of nitrogens with zero attached hydrogens (tertiary/aromatic N) is 3. The Morgan fingerprint density at radius 3 is 3.00 bits per heavy atom. The normalized spacial score (nSPS) is 10.5. The zero-order chi connectivity index (χ0) is 12.3. The molecule has 0 amide bonds. The molecule has 0 aliphatic rings. The van der Waals surface area contributed by atoms with Crippen LogP contribution in [0.15, 0.2) is 22.9 Å². The Balaban J connectivity index is 2.17. The summed E-state index contributed by atoms with van der Waals surface area (Å²) in [4.78, 5) is 16.7. The average molecular weight is 312 g/mol. The Hall–Kier alpha value is -1.14. The number of carbonyl (C=O) groups is 1. The highest BCUT2D eigenvalue weighted by Gasteiger charge is 2.15. The molecule has 0 spiro atoms. The minimum Gasteiger partial charge on any atom is -0.293 e. The van der Waals surface area contributed by atoms with E-state index in [9.17, 15) is 4.79 Å². The fraction of sp³-hybridized carbons (Fsp3) is 0.273. The largest absolute Gasteiger partial charge is 0.293 e. The molecule has 0 atom stereocenters. The van der Waals surface area contributed by atoms with E-state index in [0.29, 0.717) is 11.3 Å². The molecular formula is C11H10BrN3OS. The van der Waals surface area contributed by atoms with Gasteiger partial charge in [-0.2, -0.15) is 0 Å². The summed E-state index contributed by atoms with van der Waals surface area (Å²) in [5, 5.41) is 3.94. The van der Waals surface area contributed by atoms with Gasteiger partial charge in [0.05, 0.1) is 5.69 Å². The lowest BCUT2D eigenvalue weighted by Gasteiger charge is -2.00. The fourth-order valence-electron chi connectivity index (χ4n) is 1.47. The molecule has 0 bridgehead atoms. The molecule has 0 aliphatic carbocycles. The standard InChI is InChI=1S/C11H10BrN3OS/c1-2-9-11(17-15-14-9)10(16)4-7-3-8(12)6-13-5-7/h3,5-6H,2,4H2,1H3. The Morgan fingerprint density at radius 2 is 2.29 bits per heavy atom. The van der Waals surface area contributed by atoms with E-state index in [1.165, 1.54) is 0 Å². The predicted molar refractivity (Wildman–Crippen MR) is 69.3 cm³/mol. The van der Waals surface area contributed by atoms with Gasteiger partial charge in [0.1, 0.15) is 4.88 Å². The Bertz CT molecular complexity index is 541. The van der Waals surface area contributed by atoms with Crippen molar-refractivity contribution in [2.75, 3.05) is 0 Å². The maximum atomic E-state index is 12.1. The monoisotopic (exact) mass is 311 g/mol. The first-order valence-electron chi connectivity index (χ1n) is 5.14. The number of aryl methyl sites for hydroxylation is 1. The Morgan fingerprint density at radius 1 is 1.47 bits per heavy atom. The number of halogens is 1. The van der Waals surface area contributed by atoms with E-state index in [1.807, 2.05) is 13.0 Å². The van der Waals surface area contributed by atoms with Crippen molar-refractivity contribution >= 4 is 33.2 Å². The van der Waals surface area contributed by atoms with Gasteiger partial charge in [-0.05, 0) is 45.5 Å². The molecule has 2 rings (SSSR count). The van der Waals surface area contributed by atoms with Crippen LogP contribution in [0.1, 0.15) is 27.9 Å². The lowest BCUT2D eigenvalue weighted by atomic mass is 10.1. The van der Waals surface area contributed by atoms with Crippen LogP contribution in [0.3, 0.4) is 0 Å². The molecule has 0 aliphatic heterocycles. The van der Waals surface area contributed by atoms with Crippen LogP contribution in [-0.4, -0.2) is 20.4 Å². The highest BCUT2D eigenvalue weighted by Crippen LogP contribution is 2.16. The van der Waals surface area contributed by atoms with Crippen molar-refractivity contribution in [3.05, 3.63) is 39.1 Å². The van der Waals surface area contributed by atoms with E-state index in [1.54, 1.807) is 12.4 Å². The van der Waals surface area contributed by atoms with E-state index >= 15 is 0 Å². The summed E-state index contributed by atoms with van der Waals surface area (Å²) in [6.45, 7) is 1.97.